The average Bonchev–Trinajstić information content (AvgIpc) is 3.08. The number of rotatable bonds is 4. The van der Waals surface area contributed by atoms with Gasteiger partial charge in [-0.05, 0) is 19.9 Å². The van der Waals surface area contributed by atoms with Gasteiger partial charge in [-0.2, -0.15) is 0 Å². The lowest BCUT2D eigenvalue weighted by molar-refractivity contribution is 0.0953. The molecule has 0 radical (unpaired) electrons. The Morgan fingerprint density at radius 1 is 1.43 bits per heavy atom. The lowest BCUT2D eigenvalue weighted by atomic mass is 10.1. The molecule has 1 N–H and O–H groups in total. The molecule has 21 heavy (non-hydrogen) atoms. The third-order valence-corrected chi connectivity index (χ3v) is 3.09. The molecule has 0 aliphatic heterocycles. The Balaban J connectivity index is 1.79. The van der Waals surface area contributed by atoms with Gasteiger partial charge in [0, 0.05) is 18.4 Å². The second-order valence-electron chi connectivity index (χ2n) is 4.68. The Bertz CT molecular complexity index is 777. The summed E-state index contributed by atoms with van der Waals surface area (Å²) >= 11 is 0. The highest BCUT2D eigenvalue weighted by atomic mass is 16.5. The first-order valence-corrected chi connectivity index (χ1v) is 6.51. The van der Waals surface area contributed by atoms with E-state index in [0.717, 1.165) is 0 Å². The van der Waals surface area contributed by atoms with Crippen molar-refractivity contribution in [1.29, 1.82) is 0 Å². The van der Waals surface area contributed by atoms with Crippen molar-refractivity contribution in [2.75, 3.05) is 6.54 Å². The maximum absolute atomic E-state index is 12.3. The van der Waals surface area contributed by atoms with Crippen LogP contribution in [0.1, 0.15) is 21.7 Å². The summed E-state index contributed by atoms with van der Waals surface area (Å²) in [6.45, 7) is 4.61. The first-order valence-electron chi connectivity index (χ1n) is 6.51. The van der Waals surface area contributed by atoms with Gasteiger partial charge in [0.05, 0.1) is 29.4 Å². The second-order valence-corrected chi connectivity index (χ2v) is 4.68. The molecule has 0 unspecified atom stereocenters. The average molecular weight is 286 g/mol. The van der Waals surface area contributed by atoms with E-state index in [4.69, 9.17) is 4.52 Å². The van der Waals surface area contributed by atoms with Gasteiger partial charge in [0.15, 0.2) is 0 Å². The third-order valence-electron chi connectivity index (χ3n) is 3.09. The summed E-state index contributed by atoms with van der Waals surface area (Å²) in [7, 11) is 0. The predicted octanol–water partition coefficient (Wildman–Crippen LogP) is 0.861. The largest absolute Gasteiger partial charge is 0.350 e. The Morgan fingerprint density at radius 3 is 3.05 bits per heavy atom. The van der Waals surface area contributed by atoms with Crippen molar-refractivity contribution in [3.05, 3.63) is 35.4 Å². The molecule has 0 bridgehead atoms. The number of nitrogens with zero attached hydrogens (tertiary/aromatic N) is 5. The van der Waals surface area contributed by atoms with Crippen LogP contribution in [0.4, 0.5) is 0 Å². The SMILES string of the molecule is Cc1cc(C(=O)NCCn2ccnn2)c2c(C)noc2n1. The first-order chi connectivity index (χ1) is 10.1. The fraction of sp³-hybridized carbons (Fsp3) is 0.308. The lowest BCUT2D eigenvalue weighted by Gasteiger charge is -2.06. The molecular weight excluding hydrogens is 272 g/mol. The molecule has 1 amide bonds. The molecular formula is C13H14N6O2. The number of hydrogen-bond donors (Lipinski definition) is 1. The molecule has 8 heteroatoms. The van der Waals surface area contributed by atoms with Crippen LogP contribution in [-0.4, -0.2) is 37.6 Å². The standard InChI is InChI=1S/C13H14N6O2/c1-8-7-10(11-9(2)17-21-13(11)16-8)12(20)14-3-5-19-6-4-15-18-19/h4,6-7H,3,5H2,1-2H3,(H,14,20). The molecule has 0 atom stereocenters. The van der Waals surface area contributed by atoms with Crippen molar-refractivity contribution >= 4 is 17.0 Å². The van der Waals surface area contributed by atoms with Crippen LogP contribution >= 0.6 is 0 Å². The van der Waals surface area contributed by atoms with Crippen LogP contribution < -0.4 is 5.32 Å². The van der Waals surface area contributed by atoms with E-state index in [9.17, 15) is 4.79 Å². The Hall–Kier alpha value is -2.77. The first kappa shape index (κ1) is 13.2. The van der Waals surface area contributed by atoms with Gasteiger partial charge < -0.3 is 9.84 Å². The second kappa shape index (κ2) is 5.31. The lowest BCUT2D eigenvalue weighted by Crippen LogP contribution is -2.27. The number of carbonyl (C=O) groups is 1. The maximum atomic E-state index is 12.3. The number of aromatic nitrogens is 5. The fourth-order valence-corrected chi connectivity index (χ4v) is 2.13. The van der Waals surface area contributed by atoms with Crippen molar-refractivity contribution in [3.8, 4) is 0 Å². The number of amides is 1. The molecule has 0 aliphatic carbocycles. The number of pyridine rings is 1. The molecule has 0 fully saturated rings. The van der Waals surface area contributed by atoms with Crippen LogP contribution in [-0.2, 0) is 6.54 Å². The van der Waals surface area contributed by atoms with Gasteiger partial charge in [-0.25, -0.2) is 4.98 Å². The molecule has 3 heterocycles. The van der Waals surface area contributed by atoms with Gasteiger partial charge in [0.1, 0.15) is 0 Å². The van der Waals surface area contributed by atoms with Gasteiger partial charge in [0.2, 0.25) is 0 Å². The summed E-state index contributed by atoms with van der Waals surface area (Å²) in [5.41, 5.74) is 2.27. The number of nitrogens with one attached hydrogen (secondary N) is 1. The van der Waals surface area contributed by atoms with E-state index in [-0.39, 0.29) is 5.91 Å². The zero-order valence-electron chi connectivity index (χ0n) is 11.7. The van der Waals surface area contributed by atoms with Crippen LogP contribution in [0, 0.1) is 13.8 Å². The number of hydrogen-bond acceptors (Lipinski definition) is 6. The van der Waals surface area contributed by atoms with Gasteiger partial charge in [-0.3, -0.25) is 9.48 Å². The molecule has 3 aromatic heterocycles. The summed E-state index contributed by atoms with van der Waals surface area (Å²) in [4.78, 5) is 16.6. The summed E-state index contributed by atoms with van der Waals surface area (Å²) in [5, 5.41) is 14.9. The summed E-state index contributed by atoms with van der Waals surface area (Å²) < 4.78 is 6.77. The predicted molar refractivity (Wildman–Crippen MR) is 73.6 cm³/mol. The summed E-state index contributed by atoms with van der Waals surface area (Å²) in [6.07, 6.45) is 3.34. The van der Waals surface area contributed by atoms with E-state index in [1.54, 1.807) is 30.1 Å². The van der Waals surface area contributed by atoms with Crippen molar-refractivity contribution in [2.24, 2.45) is 0 Å². The highest BCUT2D eigenvalue weighted by Gasteiger charge is 2.17. The van der Waals surface area contributed by atoms with Crippen LogP contribution in [0.3, 0.4) is 0 Å². The smallest absolute Gasteiger partial charge is 0.258 e. The quantitative estimate of drug-likeness (QED) is 0.763. The molecule has 0 aromatic carbocycles. The highest BCUT2D eigenvalue weighted by molar-refractivity contribution is 6.05. The van der Waals surface area contributed by atoms with Crippen LogP contribution in [0.15, 0.2) is 23.0 Å². The van der Waals surface area contributed by atoms with Crippen molar-refractivity contribution in [1.82, 2.24) is 30.5 Å². The zero-order chi connectivity index (χ0) is 14.8. The molecule has 3 rings (SSSR count). The van der Waals surface area contributed by atoms with E-state index >= 15 is 0 Å². The third kappa shape index (κ3) is 2.60. The molecule has 0 spiro atoms. The minimum atomic E-state index is -0.183. The van der Waals surface area contributed by atoms with Gasteiger partial charge >= 0.3 is 0 Å². The van der Waals surface area contributed by atoms with E-state index in [1.165, 1.54) is 0 Å². The Labute approximate surface area is 120 Å². The van der Waals surface area contributed by atoms with Gasteiger partial charge in [-0.1, -0.05) is 10.4 Å². The molecule has 0 aliphatic rings. The van der Waals surface area contributed by atoms with Crippen molar-refractivity contribution in [2.45, 2.75) is 20.4 Å². The minimum absolute atomic E-state index is 0.183. The Morgan fingerprint density at radius 2 is 2.29 bits per heavy atom. The van der Waals surface area contributed by atoms with Crippen LogP contribution in [0.5, 0.6) is 0 Å². The molecule has 0 saturated heterocycles. The van der Waals surface area contributed by atoms with E-state index in [0.29, 0.717) is 41.1 Å². The Kier molecular flexibility index (Phi) is 3.35. The number of fused-ring (bicyclic) bond motifs is 1. The maximum Gasteiger partial charge on any atom is 0.258 e. The topological polar surface area (TPSA) is 98.7 Å². The van der Waals surface area contributed by atoms with E-state index in [1.807, 2.05) is 6.92 Å². The van der Waals surface area contributed by atoms with Crippen LogP contribution in [0.25, 0.3) is 11.1 Å². The fourth-order valence-electron chi connectivity index (χ4n) is 2.13. The molecule has 8 nitrogen and oxygen atoms in total. The van der Waals surface area contributed by atoms with E-state index < -0.39 is 0 Å². The molecule has 0 saturated carbocycles. The van der Waals surface area contributed by atoms with Crippen molar-refractivity contribution < 1.29 is 9.32 Å². The number of carbonyl (C=O) groups excluding carboxylic acids is 1. The normalized spacial score (nSPS) is 11.0. The van der Waals surface area contributed by atoms with Gasteiger partial charge in [0.25, 0.3) is 11.6 Å². The van der Waals surface area contributed by atoms with Crippen molar-refractivity contribution in [3.63, 3.8) is 0 Å². The monoisotopic (exact) mass is 286 g/mol. The van der Waals surface area contributed by atoms with Crippen LogP contribution in [0.2, 0.25) is 0 Å². The molecule has 108 valence electrons. The summed E-state index contributed by atoms with van der Waals surface area (Å²) in [6, 6.07) is 1.73. The zero-order valence-corrected chi connectivity index (χ0v) is 11.7. The molecule has 3 aromatic rings. The van der Waals surface area contributed by atoms with Gasteiger partial charge in [-0.15, -0.1) is 5.10 Å². The summed E-state index contributed by atoms with van der Waals surface area (Å²) in [5.74, 6) is -0.183. The minimum Gasteiger partial charge on any atom is -0.350 e. The van der Waals surface area contributed by atoms with E-state index in [2.05, 4.69) is 25.8 Å². The number of aryl methyl sites for hydroxylation is 2. The highest BCUT2D eigenvalue weighted by Crippen LogP contribution is 2.21.